The Balaban J connectivity index is 2.28. The van der Waals surface area contributed by atoms with Crippen molar-refractivity contribution in [2.45, 2.75) is 37.8 Å². The van der Waals surface area contributed by atoms with Crippen LogP contribution in [-0.2, 0) is 4.74 Å². The summed E-state index contributed by atoms with van der Waals surface area (Å²) in [5, 5.41) is 18.5. The maximum absolute atomic E-state index is 11.7. The number of aromatic nitrogens is 2. The highest BCUT2D eigenvalue weighted by molar-refractivity contribution is 5.02. The Morgan fingerprint density at radius 2 is 2.32 bits per heavy atom. The van der Waals surface area contributed by atoms with Crippen LogP contribution in [0.25, 0.3) is 0 Å². The molecule has 1 aromatic rings. The van der Waals surface area contributed by atoms with Gasteiger partial charge >= 0.3 is 5.69 Å². The van der Waals surface area contributed by atoms with Crippen LogP contribution in [0.3, 0.4) is 0 Å². The van der Waals surface area contributed by atoms with Crippen molar-refractivity contribution in [2.75, 3.05) is 6.61 Å². The second-order valence-electron chi connectivity index (χ2n) is 4.68. The zero-order valence-electron chi connectivity index (χ0n) is 10.4. The minimum Gasteiger partial charge on any atom is -0.394 e. The number of aromatic amines is 1. The van der Waals surface area contributed by atoms with Gasteiger partial charge in [0.15, 0.2) is 0 Å². The second-order valence-corrected chi connectivity index (χ2v) is 4.68. The molecule has 0 bridgehead atoms. The number of aryl methyl sites for hydroxylation is 1. The Kier molecular flexibility index (Phi) is 3.85. The highest BCUT2D eigenvalue weighted by Gasteiger charge is 2.38. The first-order valence-electron chi connectivity index (χ1n) is 5.96. The smallest absolute Gasteiger partial charge is 0.330 e. The van der Waals surface area contributed by atoms with Gasteiger partial charge in [-0.25, -0.2) is 4.79 Å². The summed E-state index contributed by atoms with van der Waals surface area (Å²) in [5.74, 6) is 0. The van der Waals surface area contributed by atoms with Crippen molar-refractivity contribution >= 4 is 0 Å². The number of nitrogens with two attached hydrogens (primary N) is 1. The van der Waals surface area contributed by atoms with Gasteiger partial charge in [-0.15, -0.1) is 0 Å². The maximum Gasteiger partial charge on any atom is 0.330 e. The third-order valence-electron chi connectivity index (χ3n) is 3.23. The first-order chi connectivity index (χ1) is 8.93. The van der Waals surface area contributed by atoms with Crippen LogP contribution in [0, 0.1) is 6.92 Å². The van der Waals surface area contributed by atoms with Crippen molar-refractivity contribution < 1.29 is 14.9 Å². The average Bonchev–Trinajstić information content (AvgIpc) is 2.75. The van der Waals surface area contributed by atoms with E-state index in [1.807, 2.05) is 0 Å². The number of hydrogen-bond donors (Lipinski definition) is 4. The Morgan fingerprint density at radius 1 is 1.63 bits per heavy atom. The summed E-state index contributed by atoms with van der Waals surface area (Å²) in [6.45, 7) is 1.11. The lowest BCUT2D eigenvalue weighted by Crippen LogP contribution is -2.41. The minimum atomic E-state index is -1.10. The Labute approximate surface area is 108 Å². The van der Waals surface area contributed by atoms with Gasteiger partial charge in [0, 0.05) is 24.2 Å². The molecule has 106 valence electrons. The van der Waals surface area contributed by atoms with Crippen molar-refractivity contribution in [1.82, 2.24) is 9.55 Å². The molecule has 0 spiro atoms. The molecule has 19 heavy (non-hydrogen) atoms. The summed E-state index contributed by atoms with van der Waals surface area (Å²) in [4.78, 5) is 25.2. The topological polar surface area (TPSA) is 131 Å². The van der Waals surface area contributed by atoms with Crippen LogP contribution in [0.2, 0.25) is 0 Å². The van der Waals surface area contributed by atoms with Crippen molar-refractivity contribution in [3.8, 4) is 0 Å². The number of ether oxygens (including phenoxy) is 1. The highest BCUT2D eigenvalue weighted by Crippen LogP contribution is 2.28. The normalized spacial score (nSPS) is 28.5. The fourth-order valence-corrected chi connectivity index (χ4v) is 2.16. The second kappa shape index (κ2) is 5.25. The summed E-state index contributed by atoms with van der Waals surface area (Å²) in [6, 6.07) is -0.494. The van der Waals surface area contributed by atoms with E-state index in [0.29, 0.717) is 12.0 Å². The predicted molar refractivity (Wildman–Crippen MR) is 65.7 cm³/mol. The Morgan fingerprint density at radius 3 is 2.95 bits per heavy atom. The van der Waals surface area contributed by atoms with Crippen molar-refractivity contribution in [3.63, 3.8) is 0 Å². The van der Waals surface area contributed by atoms with Gasteiger partial charge in [-0.1, -0.05) is 0 Å². The Hall–Kier alpha value is -1.48. The molecule has 1 fully saturated rings. The lowest BCUT2D eigenvalue weighted by atomic mass is 10.1. The van der Waals surface area contributed by atoms with E-state index in [1.165, 1.54) is 10.8 Å². The van der Waals surface area contributed by atoms with Gasteiger partial charge in [-0.05, 0) is 6.92 Å². The van der Waals surface area contributed by atoms with Gasteiger partial charge in [0.2, 0.25) is 0 Å². The zero-order valence-corrected chi connectivity index (χ0v) is 10.4. The van der Waals surface area contributed by atoms with Crippen molar-refractivity contribution in [1.29, 1.82) is 0 Å². The third kappa shape index (κ3) is 2.61. The summed E-state index contributed by atoms with van der Waals surface area (Å²) in [5.41, 5.74) is 5.16. The van der Waals surface area contributed by atoms with Crippen LogP contribution in [0.15, 0.2) is 15.8 Å². The van der Waals surface area contributed by atoms with Gasteiger partial charge < -0.3 is 20.7 Å². The molecule has 4 atom stereocenters. The SMILES string of the molecule is Cc1cn([C@@H]2C[C@H](N)[C@@H]([C@H](O)CO)O2)c(=O)[nH]c1=O. The summed E-state index contributed by atoms with van der Waals surface area (Å²) in [7, 11) is 0. The molecule has 0 radical (unpaired) electrons. The van der Waals surface area contributed by atoms with Crippen LogP contribution in [-0.4, -0.2) is 44.6 Å². The molecule has 1 aliphatic rings. The zero-order chi connectivity index (χ0) is 14.2. The Bertz CT molecular complexity index is 566. The van der Waals surface area contributed by atoms with Crippen LogP contribution in [0.1, 0.15) is 18.2 Å². The lowest BCUT2D eigenvalue weighted by Gasteiger charge is -2.20. The molecule has 5 N–H and O–H groups in total. The van der Waals surface area contributed by atoms with E-state index in [4.69, 9.17) is 15.6 Å². The number of aliphatic hydroxyl groups excluding tert-OH is 2. The molecule has 0 aromatic carbocycles. The van der Waals surface area contributed by atoms with E-state index in [-0.39, 0.29) is 0 Å². The van der Waals surface area contributed by atoms with Gasteiger partial charge in [0.05, 0.1) is 6.61 Å². The van der Waals surface area contributed by atoms with Gasteiger partial charge in [0.25, 0.3) is 5.56 Å². The van der Waals surface area contributed by atoms with Crippen LogP contribution in [0.4, 0.5) is 0 Å². The van der Waals surface area contributed by atoms with E-state index < -0.39 is 42.3 Å². The molecular formula is C11H17N3O5. The fraction of sp³-hybridized carbons (Fsp3) is 0.636. The monoisotopic (exact) mass is 271 g/mol. The number of nitrogens with zero attached hydrogens (tertiary/aromatic N) is 1. The first-order valence-corrected chi connectivity index (χ1v) is 5.96. The molecule has 0 saturated carbocycles. The van der Waals surface area contributed by atoms with Gasteiger partial charge in [0.1, 0.15) is 18.4 Å². The van der Waals surface area contributed by atoms with Crippen LogP contribution in [0.5, 0.6) is 0 Å². The molecule has 2 rings (SSSR count). The standard InChI is InChI=1S/C11H17N3O5/c1-5-3-14(11(18)13-10(5)17)8-2-6(12)9(19-8)7(16)4-15/h3,6-9,15-16H,2,4,12H2,1H3,(H,13,17,18)/t6-,7+,8-,9-/m0/s1. The van der Waals surface area contributed by atoms with E-state index in [9.17, 15) is 14.7 Å². The van der Waals surface area contributed by atoms with Crippen molar-refractivity contribution in [2.24, 2.45) is 5.73 Å². The molecule has 8 heteroatoms. The number of aliphatic hydroxyl groups is 2. The molecule has 0 unspecified atom stereocenters. The highest BCUT2D eigenvalue weighted by atomic mass is 16.5. The third-order valence-corrected chi connectivity index (χ3v) is 3.23. The molecule has 8 nitrogen and oxygen atoms in total. The van der Waals surface area contributed by atoms with Crippen molar-refractivity contribution in [3.05, 3.63) is 32.6 Å². The molecule has 1 aromatic heterocycles. The van der Waals surface area contributed by atoms with E-state index >= 15 is 0 Å². The largest absolute Gasteiger partial charge is 0.394 e. The number of nitrogens with one attached hydrogen (secondary N) is 1. The summed E-state index contributed by atoms with van der Waals surface area (Å²) >= 11 is 0. The molecular weight excluding hydrogens is 254 g/mol. The molecule has 2 heterocycles. The summed E-state index contributed by atoms with van der Waals surface area (Å²) < 4.78 is 6.73. The van der Waals surface area contributed by atoms with Gasteiger partial charge in [-0.2, -0.15) is 0 Å². The molecule has 1 saturated heterocycles. The number of hydrogen-bond acceptors (Lipinski definition) is 6. The van der Waals surface area contributed by atoms with Crippen LogP contribution >= 0.6 is 0 Å². The lowest BCUT2D eigenvalue weighted by molar-refractivity contribution is -0.0781. The molecule has 0 amide bonds. The fourth-order valence-electron chi connectivity index (χ4n) is 2.16. The maximum atomic E-state index is 11.7. The van der Waals surface area contributed by atoms with E-state index in [2.05, 4.69) is 4.98 Å². The predicted octanol–water partition coefficient (Wildman–Crippen LogP) is -2.19. The average molecular weight is 271 g/mol. The number of H-pyrrole nitrogens is 1. The quantitative estimate of drug-likeness (QED) is 0.494. The van der Waals surface area contributed by atoms with Gasteiger partial charge in [-0.3, -0.25) is 14.3 Å². The van der Waals surface area contributed by atoms with Crippen LogP contribution < -0.4 is 17.0 Å². The summed E-state index contributed by atoms with van der Waals surface area (Å²) in [6.07, 6.45) is -0.794. The molecule has 1 aliphatic heterocycles. The first kappa shape index (κ1) is 13.9. The van der Waals surface area contributed by atoms with E-state index in [0.717, 1.165) is 0 Å². The number of rotatable bonds is 3. The molecule has 0 aliphatic carbocycles. The van der Waals surface area contributed by atoms with E-state index in [1.54, 1.807) is 6.92 Å². The minimum absolute atomic E-state index is 0.313.